The molecule has 2 saturated heterocycles. The summed E-state index contributed by atoms with van der Waals surface area (Å²) in [5.74, 6) is 2.24. The quantitative estimate of drug-likeness (QED) is 0.340. The molecule has 7 heteroatoms. The van der Waals surface area contributed by atoms with Crippen molar-refractivity contribution in [1.82, 2.24) is 15.5 Å². The van der Waals surface area contributed by atoms with Crippen LogP contribution in [0.1, 0.15) is 31.4 Å². The van der Waals surface area contributed by atoms with Crippen molar-refractivity contribution in [3.05, 3.63) is 35.9 Å². The molecule has 2 aliphatic heterocycles. The minimum Gasteiger partial charge on any atom is -0.379 e. The van der Waals surface area contributed by atoms with Crippen LogP contribution in [0.4, 0.5) is 0 Å². The molecule has 2 unspecified atom stereocenters. The van der Waals surface area contributed by atoms with Gasteiger partial charge in [0.1, 0.15) is 0 Å². The van der Waals surface area contributed by atoms with E-state index in [1.54, 1.807) is 0 Å². The van der Waals surface area contributed by atoms with E-state index >= 15 is 0 Å². The number of benzene rings is 1. The maximum atomic E-state index is 5.54. The summed E-state index contributed by atoms with van der Waals surface area (Å²) < 4.78 is 5.54. The van der Waals surface area contributed by atoms with Gasteiger partial charge in [-0.05, 0) is 31.1 Å². The first-order valence-corrected chi connectivity index (χ1v) is 10.9. The van der Waals surface area contributed by atoms with E-state index in [4.69, 9.17) is 9.73 Å². The fourth-order valence-corrected chi connectivity index (χ4v) is 4.73. The lowest BCUT2D eigenvalue weighted by Crippen LogP contribution is -2.42. The Morgan fingerprint density at radius 3 is 2.70 bits per heavy atom. The van der Waals surface area contributed by atoms with Crippen molar-refractivity contribution in [3.8, 4) is 0 Å². The van der Waals surface area contributed by atoms with Gasteiger partial charge in [-0.2, -0.15) is 11.8 Å². The van der Waals surface area contributed by atoms with E-state index in [-0.39, 0.29) is 24.0 Å². The Labute approximate surface area is 185 Å². The number of halogens is 1. The first-order valence-electron chi connectivity index (χ1n) is 9.87. The summed E-state index contributed by atoms with van der Waals surface area (Å²) in [5, 5.41) is 7.67. The van der Waals surface area contributed by atoms with Gasteiger partial charge in [0, 0.05) is 31.4 Å². The predicted octanol–water partition coefficient (Wildman–Crippen LogP) is 3.13. The van der Waals surface area contributed by atoms with Crippen LogP contribution < -0.4 is 10.6 Å². The minimum absolute atomic E-state index is 0. The molecule has 152 valence electrons. The highest BCUT2D eigenvalue weighted by Crippen LogP contribution is 2.25. The summed E-state index contributed by atoms with van der Waals surface area (Å²) in [7, 11) is 0. The molecule has 1 aromatic carbocycles. The second-order valence-electron chi connectivity index (χ2n) is 6.81. The molecule has 3 rings (SSSR count). The Morgan fingerprint density at radius 2 is 2.04 bits per heavy atom. The van der Waals surface area contributed by atoms with Gasteiger partial charge in [0.25, 0.3) is 0 Å². The summed E-state index contributed by atoms with van der Waals surface area (Å²) in [6, 6.07) is 11.0. The summed E-state index contributed by atoms with van der Waals surface area (Å²) >= 11 is 2.08. The number of ether oxygens (including phenoxy) is 1. The molecule has 0 amide bonds. The Bertz CT molecular complexity index is 548. The zero-order valence-electron chi connectivity index (χ0n) is 16.2. The van der Waals surface area contributed by atoms with Gasteiger partial charge in [-0.3, -0.25) is 9.89 Å². The van der Waals surface area contributed by atoms with Gasteiger partial charge in [-0.25, -0.2) is 0 Å². The van der Waals surface area contributed by atoms with Crippen LogP contribution in [0.25, 0.3) is 0 Å². The average molecular weight is 504 g/mol. The van der Waals surface area contributed by atoms with Crippen molar-refractivity contribution in [3.63, 3.8) is 0 Å². The third kappa shape index (κ3) is 7.44. The van der Waals surface area contributed by atoms with Crippen LogP contribution in [-0.2, 0) is 4.74 Å². The number of hydrogen-bond acceptors (Lipinski definition) is 4. The number of thioether (sulfide) groups is 1. The smallest absolute Gasteiger partial charge is 0.191 e. The van der Waals surface area contributed by atoms with Crippen molar-refractivity contribution in [2.45, 2.75) is 31.1 Å². The number of nitrogens with zero attached hydrogens (tertiary/aromatic N) is 2. The standard InChI is InChI=1S/C20H32N4OS.HI/c1-2-21-20(22-15-18-9-6-14-26-18)23-16-19(17-7-4-3-5-8-17)24-10-12-25-13-11-24;/h3-5,7-8,18-19H,2,6,9-16H2,1H3,(H2,21,22,23);1H. The van der Waals surface area contributed by atoms with E-state index in [1.165, 1.54) is 24.2 Å². The molecule has 2 fully saturated rings. The molecule has 1 aromatic rings. The Balaban J connectivity index is 0.00000261. The van der Waals surface area contributed by atoms with Crippen molar-refractivity contribution in [2.75, 3.05) is 51.7 Å². The maximum Gasteiger partial charge on any atom is 0.191 e. The topological polar surface area (TPSA) is 48.9 Å². The molecule has 2 atom stereocenters. The fourth-order valence-electron chi connectivity index (χ4n) is 3.53. The van der Waals surface area contributed by atoms with Crippen molar-refractivity contribution < 1.29 is 4.74 Å². The number of aliphatic imine (C=N–C) groups is 1. The molecule has 0 spiro atoms. The molecule has 2 aliphatic rings. The molecule has 2 heterocycles. The van der Waals surface area contributed by atoms with Crippen LogP contribution in [0, 0.1) is 0 Å². The fraction of sp³-hybridized carbons (Fsp3) is 0.650. The number of hydrogen-bond donors (Lipinski definition) is 2. The van der Waals surface area contributed by atoms with Crippen LogP contribution in [0.2, 0.25) is 0 Å². The van der Waals surface area contributed by atoms with Gasteiger partial charge in [0.15, 0.2) is 5.96 Å². The molecule has 0 aromatic heterocycles. The highest BCUT2D eigenvalue weighted by atomic mass is 127. The summed E-state index contributed by atoms with van der Waals surface area (Å²) in [6.45, 7) is 8.33. The van der Waals surface area contributed by atoms with Crippen molar-refractivity contribution >= 4 is 41.7 Å². The molecular weight excluding hydrogens is 471 g/mol. The Hall–Kier alpha value is -0.510. The molecule has 2 N–H and O–H groups in total. The van der Waals surface area contributed by atoms with Crippen LogP contribution in [0.3, 0.4) is 0 Å². The molecule has 0 saturated carbocycles. The van der Waals surface area contributed by atoms with E-state index in [0.29, 0.717) is 6.04 Å². The third-order valence-corrected chi connectivity index (χ3v) is 6.36. The lowest BCUT2D eigenvalue weighted by Gasteiger charge is -2.34. The first-order chi connectivity index (χ1) is 12.9. The lowest BCUT2D eigenvalue weighted by atomic mass is 10.1. The molecule has 0 aliphatic carbocycles. The summed E-state index contributed by atoms with van der Waals surface area (Å²) in [6.07, 6.45) is 2.66. The molecule has 5 nitrogen and oxygen atoms in total. The van der Waals surface area contributed by atoms with Gasteiger partial charge in [-0.15, -0.1) is 24.0 Å². The van der Waals surface area contributed by atoms with Gasteiger partial charge in [0.05, 0.1) is 25.8 Å². The Kier molecular flexibility index (Phi) is 10.8. The number of nitrogens with one attached hydrogen (secondary N) is 2. The zero-order valence-corrected chi connectivity index (χ0v) is 19.4. The van der Waals surface area contributed by atoms with Gasteiger partial charge >= 0.3 is 0 Å². The van der Waals surface area contributed by atoms with E-state index in [2.05, 4.69) is 64.6 Å². The summed E-state index contributed by atoms with van der Waals surface area (Å²) in [5.41, 5.74) is 1.33. The predicted molar refractivity (Wildman–Crippen MR) is 126 cm³/mol. The van der Waals surface area contributed by atoms with Gasteiger partial charge in [0.2, 0.25) is 0 Å². The van der Waals surface area contributed by atoms with Gasteiger partial charge < -0.3 is 15.4 Å². The largest absolute Gasteiger partial charge is 0.379 e. The monoisotopic (exact) mass is 504 g/mol. The minimum atomic E-state index is 0. The van der Waals surface area contributed by atoms with Crippen LogP contribution >= 0.6 is 35.7 Å². The molecule has 0 bridgehead atoms. The van der Waals surface area contributed by atoms with Crippen molar-refractivity contribution in [2.24, 2.45) is 4.99 Å². The Morgan fingerprint density at radius 1 is 1.26 bits per heavy atom. The third-order valence-electron chi connectivity index (χ3n) is 4.96. The number of guanidine groups is 1. The van der Waals surface area contributed by atoms with E-state index in [0.717, 1.165) is 57.1 Å². The molecular formula is C20H33IN4OS. The highest BCUT2D eigenvalue weighted by molar-refractivity contribution is 14.0. The zero-order chi connectivity index (χ0) is 18.0. The lowest BCUT2D eigenvalue weighted by molar-refractivity contribution is 0.0180. The van der Waals surface area contributed by atoms with Gasteiger partial charge in [-0.1, -0.05) is 30.3 Å². The van der Waals surface area contributed by atoms with Crippen LogP contribution in [-0.4, -0.2) is 67.8 Å². The second-order valence-corrected chi connectivity index (χ2v) is 8.22. The average Bonchev–Trinajstić information content (AvgIpc) is 3.21. The first kappa shape index (κ1) is 22.8. The summed E-state index contributed by atoms with van der Waals surface area (Å²) in [4.78, 5) is 7.43. The molecule has 0 radical (unpaired) electrons. The van der Waals surface area contributed by atoms with Crippen LogP contribution in [0.5, 0.6) is 0 Å². The maximum absolute atomic E-state index is 5.54. The number of morpholine rings is 1. The second kappa shape index (κ2) is 12.9. The SMILES string of the molecule is CCNC(=NCC(c1ccccc1)N1CCOCC1)NCC1CCCS1.I. The van der Waals surface area contributed by atoms with Crippen molar-refractivity contribution in [1.29, 1.82) is 0 Å². The van der Waals surface area contributed by atoms with E-state index in [9.17, 15) is 0 Å². The van der Waals surface area contributed by atoms with E-state index in [1.807, 2.05) is 0 Å². The number of rotatable bonds is 7. The normalized spacial score (nSPS) is 22.1. The van der Waals surface area contributed by atoms with E-state index < -0.39 is 0 Å². The molecule has 27 heavy (non-hydrogen) atoms. The highest BCUT2D eigenvalue weighted by Gasteiger charge is 2.22. The van der Waals surface area contributed by atoms with Crippen LogP contribution in [0.15, 0.2) is 35.3 Å².